The number of fused-ring (bicyclic) bond motifs is 3. The second kappa shape index (κ2) is 7.20. The van der Waals surface area contributed by atoms with Gasteiger partial charge in [-0.15, -0.1) is 11.6 Å². The van der Waals surface area contributed by atoms with E-state index in [2.05, 4.69) is 18.2 Å². The maximum Gasteiger partial charge on any atom is 0.409 e. The lowest BCUT2D eigenvalue weighted by molar-refractivity contribution is 0.105. The number of amides is 1. The number of carbonyl (C=O) groups excluding carboxylic acids is 1. The molecule has 0 spiro atoms. The number of ether oxygens (including phenoxy) is 2. The first-order valence-corrected chi connectivity index (χ1v) is 9.36. The lowest BCUT2D eigenvalue weighted by Gasteiger charge is -2.36. The highest BCUT2D eigenvalue weighted by Gasteiger charge is 2.35. The van der Waals surface area contributed by atoms with Gasteiger partial charge in [0, 0.05) is 11.4 Å². The number of alkyl halides is 1. The molecule has 0 bridgehead atoms. The molecule has 0 aromatic heterocycles. The van der Waals surface area contributed by atoms with Crippen LogP contribution in [0, 0.1) is 6.92 Å². The molecule has 0 radical (unpaired) electrons. The van der Waals surface area contributed by atoms with Crippen LogP contribution < -0.4 is 15.2 Å². The van der Waals surface area contributed by atoms with Crippen LogP contribution in [0.1, 0.15) is 43.4 Å². The minimum Gasteiger partial charge on any atom is -0.482 e. The Morgan fingerprint density at radius 3 is 2.69 bits per heavy atom. The summed E-state index contributed by atoms with van der Waals surface area (Å²) < 4.78 is 11.7. The van der Waals surface area contributed by atoms with Crippen molar-refractivity contribution in [3.8, 4) is 22.6 Å². The second-order valence-corrected chi connectivity index (χ2v) is 7.57. The zero-order valence-electron chi connectivity index (χ0n) is 15.4. The van der Waals surface area contributed by atoms with Gasteiger partial charge in [0.05, 0.1) is 5.56 Å². The van der Waals surface area contributed by atoms with Crippen LogP contribution in [-0.2, 0) is 12.0 Å². The third-order valence-electron chi connectivity index (χ3n) is 4.64. The topological polar surface area (TPSA) is 61.5 Å². The van der Waals surface area contributed by atoms with Crippen LogP contribution in [0.5, 0.6) is 11.5 Å². The van der Waals surface area contributed by atoms with Gasteiger partial charge in [-0.2, -0.15) is 0 Å². The van der Waals surface area contributed by atoms with Gasteiger partial charge in [0.15, 0.2) is 0 Å². The first-order valence-electron chi connectivity index (χ1n) is 8.82. The number of nitrogens with two attached hydrogens (primary N) is 1. The summed E-state index contributed by atoms with van der Waals surface area (Å²) in [7, 11) is 0. The molecule has 5 heteroatoms. The number of halogens is 1. The Balaban J connectivity index is 2.16. The Morgan fingerprint density at radius 1 is 1.23 bits per heavy atom. The molecule has 0 saturated heterocycles. The molecule has 4 nitrogen and oxygen atoms in total. The predicted octanol–water partition coefficient (Wildman–Crippen LogP) is 5.31. The molecule has 1 aliphatic heterocycles. The van der Waals surface area contributed by atoms with Crippen molar-refractivity contribution < 1.29 is 14.3 Å². The molecule has 2 aromatic carbocycles. The van der Waals surface area contributed by atoms with Crippen molar-refractivity contribution >= 4 is 17.7 Å². The van der Waals surface area contributed by atoms with Crippen LogP contribution >= 0.6 is 11.6 Å². The average Bonchev–Trinajstić information content (AvgIpc) is 2.53. The highest BCUT2D eigenvalue weighted by molar-refractivity contribution is 6.17. The highest BCUT2D eigenvalue weighted by Crippen LogP contribution is 2.50. The van der Waals surface area contributed by atoms with E-state index in [-0.39, 0.29) is 0 Å². The van der Waals surface area contributed by atoms with E-state index in [9.17, 15) is 4.79 Å². The van der Waals surface area contributed by atoms with Crippen LogP contribution in [0.3, 0.4) is 0 Å². The third kappa shape index (κ3) is 3.65. The molecule has 0 aliphatic carbocycles. The molecule has 2 aromatic rings. The maximum absolute atomic E-state index is 11.5. The fraction of sp³-hybridized carbons (Fsp3) is 0.381. The van der Waals surface area contributed by atoms with E-state index in [0.29, 0.717) is 17.4 Å². The zero-order chi connectivity index (χ0) is 18.9. The van der Waals surface area contributed by atoms with Gasteiger partial charge in [-0.3, -0.25) is 0 Å². The molecule has 1 amide bonds. The summed E-state index contributed by atoms with van der Waals surface area (Å²) in [5.74, 6) is 1.79. The molecule has 0 unspecified atom stereocenters. The van der Waals surface area contributed by atoms with E-state index in [1.54, 1.807) is 0 Å². The number of hydrogen-bond acceptors (Lipinski definition) is 3. The number of hydrogen-bond donors (Lipinski definition) is 1. The first-order chi connectivity index (χ1) is 12.3. The van der Waals surface area contributed by atoms with E-state index in [0.717, 1.165) is 47.1 Å². The van der Waals surface area contributed by atoms with Gasteiger partial charge in [-0.05, 0) is 63.3 Å². The van der Waals surface area contributed by atoms with Crippen molar-refractivity contribution in [1.82, 2.24) is 0 Å². The molecule has 138 valence electrons. The minimum absolute atomic E-state index is 0.443. The van der Waals surface area contributed by atoms with E-state index in [4.69, 9.17) is 26.8 Å². The van der Waals surface area contributed by atoms with Gasteiger partial charge in [0.25, 0.3) is 0 Å². The largest absolute Gasteiger partial charge is 0.482 e. The van der Waals surface area contributed by atoms with Crippen molar-refractivity contribution in [2.45, 2.75) is 45.6 Å². The first kappa shape index (κ1) is 18.6. The lowest BCUT2D eigenvalue weighted by Crippen LogP contribution is -2.30. The van der Waals surface area contributed by atoms with E-state index in [1.807, 2.05) is 32.9 Å². The van der Waals surface area contributed by atoms with Crippen LogP contribution in [0.15, 0.2) is 30.3 Å². The SMILES string of the molecule is Cc1ccc2c(c1)-c1c(OC(N)=O)cc(CCCCCl)cc1OC2(C)C. The number of primary amides is 1. The Morgan fingerprint density at radius 2 is 2.00 bits per heavy atom. The highest BCUT2D eigenvalue weighted by atomic mass is 35.5. The molecular formula is C21H24ClNO3. The summed E-state index contributed by atoms with van der Waals surface area (Å²) in [6.07, 6.45) is 1.89. The number of aryl methyl sites for hydroxylation is 2. The number of carbonyl (C=O) groups is 1. The summed E-state index contributed by atoms with van der Waals surface area (Å²) in [6, 6.07) is 10.1. The van der Waals surface area contributed by atoms with Gasteiger partial charge >= 0.3 is 6.09 Å². The molecule has 3 rings (SSSR count). The monoisotopic (exact) mass is 373 g/mol. The predicted molar refractivity (Wildman–Crippen MR) is 104 cm³/mol. The molecule has 0 saturated carbocycles. The van der Waals surface area contributed by atoms with Gasteiger partial charge in [0.1, 0.15) is 17.1 Å². The minimum atomic E-state index is -0.829. The van der Waals surface area contributed by atoms with Crippen LogP contribution in [0.4, 0.5) is 4.79 Å². The maximum atomic E-state index is 11.5. The molecule has 2 N–H and O–H groups in total. The fourth-order valence-corrected chi connectivity index (χ4v) is 3.66. The van der Waals surface area contributed by atoms with Crippen LogP contribution in [-0.4, -0.2) is 12.0 Å². The van der Waals surface area contributed by atoms with Gasteiger partial charge in [-0.25, -0.2) is 4.79 Å². The van der Waals surface area contributed by atoms with Crippen LogP contribution in [0.2, 0.25) is 0 Å². The van der Waals surface area contributed by atoms with Gasteiger partial charge in [0.2, 0.25) is 0 Å². The fourth-order valence-electron chi connectivity index (χ4n) is 3.47. The number of benzene rings is 2. The molecular weight excluding hydrogens is 350 g/mol. The summed E-state index contributed by atoms with van der Waals surface area (Å²) in [5, 5.41) is 0. The normalized spacial score (nSPS) is 14.2. The van der Waals surface area contributed by atoms with Crippen molar-refractivity contribution in [3.05, 3.63) is 47.0 Å². The number of rotatable bonds is 5. The zero-order valence-corrected chi connectivity index (χ0v) is 16.2. The summed E-state index contributed by atoms with van der Waals surface area (Å²) in [4.78, 5) is 11.5. The van der Waals surface area contributed by atoms with Crippen LogP contribution in [0.25, 0.3) is 11.1 Å². The van der Waals surface area contributed by atoms with E-state index < -0.39 is 11.7 Å². The smallest absolute Gasteiger partial charge is 0.409 e. The molecule has 26 heavy (non-hydrogen) atoms. The van der Waals surface area contributed by atoms with Crippen molar-refractivity contribution in [2.24, 2.45) is 5.73 Å². The molecule has 0 fully saturated rings. The summed E-state index contributed by atoms with van der Waals surface area (Å²) in [5.41, 5.74) is 9.85. The quantitative estimate of drug-likeness (QED) is 0.570. The Labute approximate surface area is 159 Å². The Kier molecular flexibility index (Phi) is 5.15. The Bertz CT molecular complexity index is 845. The van der Waals surface area contributed by atoms with Crippen molar-refractivity contribution in [1.29, 1.82) is 0 Å². The average molecular weight is 374 g/mol. The van der Waals surface area contributed by atoms with Crippen molar-refractivity contribution in [2.75, 3.05) is 5.88 Å². The Hall–Kier alpha value is -2.20. The third-order valence-corrected chi connectivity index (χ3v) is 4.91. The van der Waals surface area contributed by atoms with Gasteiger partial charge in [-0.1, -0.05) is 23.8 Å². The second-order valence-electron chi connectivity index (χ2n) is 7.20. The van der Waals surface area contributed by atoms with Gasteiger partial charge < -0.3 is 15.2 Å². The number of unbranched alkanes of at least 4 members (excludes halogenated alkanes) is 1. The van der Waals surface area contributed by atoms with E-state index in [1.165, 1.54) is 0 Å². The standard InChI is InChI=1S/C21H24ClNO3/c1-13-7-8-16-15(10-13)19-17(25-20(23)24)11-14(6-4-5-9-22)12-18(19)26-21(16,2)3/h7-8,10-12H,4-6,9H2,1-3H3,(H2,23,24). The molecule has 0 atom stereocenters. The lowest BCUT2D eigenvalue weighted by atomic mass is 9.84. The molecule has 1 heterocycles. The molecule has 1 aliphatic rings. The summed E-state index contributed by atoms with van der Waals surface area (Å²) in [6.45, 7) is 6.12. The van der Waals surface area contributed by atoms with Crippen molar-refractivity contribution in [3.63, 3.8) is 0 Å². The van der Waals surface area contributed by atoms with E-state index >= 15 is 0 Å². The summed E-state index contributed by atoms with van der Waals surface area (Å²) >= 11 is 5.78.